The predicted octanol–water partition coefficient (Wildman–Crippen LogP) is 1.85. The van der Waals surface area contributed by atoms with Gasteiger partial charge in [-0.25, -0.2) is 8.42 Å². The second kappa shape index (κ2) is 6.71. The van der Waals surface area contributed by atoms with Crippen LogP contribution in [0, 0.1) is 5.41 Å². The van der Waals surface area contributed by atoms with Crippen molar-refractivity contribution in [3.05, 3.63) is 0 Å². The minimum atomic E-state index is -3.29. The van der Waals surface area contributed by atoms with Crippen molar-refractivity contribution < 1.29 is 13.5 Å². The molecule has 0 unspecified atom stereocenters. The van der Waals surface area contributed by atoms with Gasteiger partial charge in [-0.15, -0.1) is 0 Å². The maximum Gasteiger partial charge on any atom is 0.214 e. The number of aliphatic hydroxyl groups excluding tert-OH is 1. The maximum atomic E-state index is 12.3. The fourth-order valence-electron chi connectivity index (χ4n) is 1.97. The summed E-state index contributed by atoms with van der Waals surface area (Å²) in [5, 5.41) is 9.03. The Labute approximate surface area is 106 Å². The van der Waals surface area contributed by atoms with Crippen molar-refractivity contribution in [2.45, 2.75) is 53.5 Å². The van der Waals surface area contributed by atoms with Crippen LogP contribution in [0.5, 0.6) is 0 Å². The third-order valence-electron chi connectivity index (χ3n) is 2.64. The van der Waals surface area contributed by atoms with Crippen LogP contribution < -0.4 is 0 Å². The van der Waals surface area contributed by atoms with Gasteiger partial charge in [0.15, 0.2) is 0 Å². The van der Waals surface area contributed by atoms with Crippen molar-refractivity contribution in [3.63, 3.8) is 0 Å². The Kier molecular flexibility index (Phi) is 6.66. The molecule has 0 aromatic rings. The third-order valence-corrected chi connectivity index (χ3v) is 5.07. The molecule has 0 aliphatic rings. The highest BCUT2D eigenvalue weighted by atomic mass is 32.2. The van der Waals surface area contributed by atoms with Crippen molar-refractivity contribution >= 4 is 10.0 Å². The second-order valence-corrected chi connectivity index (χ2v) is 7.54. The van der Waals surface area contributed by atoms with Gasteiger partial charge in [-0.1, -0.05) is 34.6 Å². The minimum absolute atomic E-state index is 0.00509. The molecule has 0 aliphatic carbocycles. The molecule has 0 saturated heterocycles. The fraction of sp³-hybridized carbons (Fsp3) is 1.00. The summed E-state index contributed by atoms with van der Waals surface area (Å²) in [5.74, 6) is 0.122. The zero-order chi connectivity index (χ0) is 13.7. The van der Waals surface area contributed by atoms with Crippen LogP contribution in [0.3, 0.4) is 0 Å². The predicted molar refractivity (Wildman–Crippen MR) is 71.4 cm³/mol. The van der Waals surface area contributed by atoms with Gasteiger partial charge < -0.3 is 5.11 Å². The first kappa shape index (κ1) is 16.9. The molecule has 1 N–H and O–H groups in total. The van der Waals surface area contributed by atoms with E-state index in [1.54, 1.807) is 0 Å². The highest BCUT2D eigenvalue weighted by Crippen LogP contribution is 2.22. The molecule has 0 amide bonds. The Morgan fingerprint density at radius 2 is 1.65 bits per heavy atom. The van der Waals surface area contributed by atoms with Gasteiger partial charge >= 0.3 is 0 Å². The number of hydrogen-bond acceptors (Lipinski definition) is 3. The molecule has 0 atom stereocenters. The van der Waals surface area contributed by atoms with Gasteiger partial charge in [0.1, 0.15) is 0 Å². The largest absolute Gasteiger partial charge is 0.395 e. The summed E-state index contributed by atoms with van der Waals surface area (Å²) in [6.07, 6.45) is 1.56. The Balaban J connectivity index is 5.03. The number of aliphatic hydroxyl groups is 1. The summed E-state index contributed by atoms with van der Waals surface area (Å²) >= 11 is 0. The van der Waals surface area contributed by atoms with Crippen molar-refractivity contribution in [3.8, 4) is 0 Å². The minimum Gasteiger partial charge on any atom is -0.395 e. The highest BCUT2D eigenvalue weighted by molar-refractivity contribution is 7.89. The molecule has 104 valence electrons. The molecular weight excluding hydrogens is 238 g/mol. The van der Waals surface area contributed by atoms with Gasteiger partial charge in [0.25, 0.3) is 0 Å². The quantitative estimate of drug-likeness (QED) is 0.764. The molecule has 0 spiro atoms. The van der Waals surface area contributed by atoms with E-state index in [-0.39, 0.29) is 30.4 Å². The van der Waals surface area contributed by atoms with Crippen LogP contribution in [0.1, 0.15) is 47.5 Å². The first-order valence-corrected chi connectivity index (χ1v) is 7.89. The Bertz CT molecular complexity index is 302. The van der Waals surface area contributed by atoms with Gasteiger partial charge in [-0.05, 0) is 18.3 Å². The second-order valence-electron chi connectivity index (χ2n) is 5.62. The average molecular weight is 265 g/mol. The van der Waals surface area contributed by atoms with Crippen LogP contribution in [0.2, 0.25) is 0 Å². The SMILES string of the molecule is CCC(CC)N(CCO)S(=O)(=O)CC(C)(C)C. The molecule has 0 saturated carbocycles. The van der Waals surface area contributed by atoms with Gasteiger partial charge in [0, 0.05) is 12.6 Å². The molecule has 17 heavy (non-hydrogen) atoms. The Hall–Kier alpha value is -0.130. The standard InChI is InChI=1S/C12H27NO3S/c1-6-11(7-2)13(8-9-14)17(15,16)10-12(3,4)5/h11,14H,6-10H2,1-5H3. The van der Waals surface area contributed by atoms with E-state index < -0.39 is 10.0 Å². The molecule has 0 bridgehead atoms. The molecule has 0 rings (SSSR count). The number of hydrogen-bond donors (Lipinski definition) is 1. The zero-order valence-electron chi connectivity index (χ0n) is 11.7. The van der Waals surface area contributed by atoms with E-state index in [2.05, 4.69) is 0 Å². The maximum absolute atomic E-state index is 12.3. The number of sulfonamides is 1. The van der Waals surface area contributed by atoms with Crippen LogP contribution in [-0.4, -0.2) is 42.8 Å². The summed E-state index contributed by atoms with van der Waals surface area (Å²) in [6, 6.07) is -0.00509. The lowest BCUT2D eigenvalue weighted by Crippen LogP contribution is -2.44. The van der Waals surface area contributed by atoms with Crippen molar-refractivity contribution in [2.75, 3.05) is 18.9 Å². The van der Waals surface area contributed by atoms with Gasteiger partial charge in [-0.3, -0.25) is 0 Å². The van der Waals surface area contributed by atoms with Crippen molar-refractivity contribution in [2.24, 2.45) is 5.41 Å². The van der Waals surface area contributed by atoms with E-state index >= 15 is 0 Å². The lowest BCUT2D eigenvalue weighted by molar-refractivity contribution is 0.218. The van der Waals surface area contributed by atoms with Crippen LogP contribution in [-0.2, 0) is 10.0 Å². The Morgan fingerprint density at radius 3 is 1.94 bits per heavy atom. The highest BCUT2D eigenvalue weighted by Gasteiger charge is 2.31. The normalized spacial score (nSPS) is 13.6. The van der Waals surface area contributed by atoms with E-state index in [4.69, 9.17) is 5.11 Å². The summed E-state index contributed by atoms with van der Waals surface area (Å²) in [5.41, 5.74) is -0.265. The monoisotopic (exact) mass is 265 g/mol. The van der Waals surface area contributed by atoms with Crippen LogP contribution in [0.4, 0.5) is 0 Å². The fourth-order valence-corrected chi connectivity index (χ4v) is 4.35. The van der Waals surface area contributed by atoms with Gasteiger partial charge in [-0.2, -0.15) is 4.31 Å². The lowest BCUT2D eigenvalue weighted by Gasteiger charge is -2.31. The van der Waals surface area contributed by atoms with E-state index in [0.29, 0.717) is 0 Å². The van der Waals surface area contributed by atoms with Crippen molar-refractivity contribution in [1.29, 1.82) is 0 Å². The summed E-state index contributed by atoms with van der Waals surface area (Å²) in [7, 11) is -3.29. The lowest BCUT2D eigenvalue weighted by atomic mass is 10.0. The molecule has 0 aliphatic heterocycles. The third kappa shape index (κ3) is 5.84. The molecule has 0 heterocycles. The zero-order valence-corrected chi connectivity index (χ0v) is 12.5. The average Bonchev–Trinajstić information content (AvgIpc) is 2.14. The molecule has 0 radical (unpaired) electrons. The first-order valence-electron chi connectivity index (χ1n) is 6.28. The van der Waals surface area contributed by atoms with Crippen LogP contribution in [0.25, 0.3) is 0 Å². The molecule has 4 nitrogen and oxygen atoms in total. The topological polar surface area (TPSA) is 57.6 Å². The Morgan fingerprint density at radius 1 is 1.18 bits per heavy atom. The van der Waals surface area contributed by atoms with E-state index in [9.17, 15) is 8.42 Å². The molecule has 0 fully saturated rings. The molecule has 0 aromatic carbocycles. The van der Waals surface area contributed by atoms with E-state index in [1.165, 1.54) is 4.31 Å². The summed E-state index contributed by atoms with van der Waals surface area (Å²) < 4.78 is 26.1. The number of rotatable bonds is 7. The first-order chi connectivity index (χ1) is 7.68. The smallest absolute Gasteiger partial charge is 0.214 e. The van der Waals surface area contributed by atoms with Crippen LogP contribution >= 0.6 is 0 Å². The summed E-state index contributed by atoms with van der Waals surface area (Å²) in [4.78, 5) is 0. The molecule has 0 aromatic heterocycles. The number of nitrogens with zero attached hydrogens (tertiary/aromatic N) is 1. The molecular formula is C12H27NO3S. The van der Waals surface area contributed by atoms with Crippen LogP contribution in [0.15, 0.2) is 0 Å². The molecule has 5 heteroatoms. The van der Waals surface area contributed by atoms with E-state index in [0.717, 1.165) is 12.8 Å². The van der Waals surface area contributed by atoms with Gasteiger partial charge in [0.2, 0.25) is 10.0 Å². The van der Waals surface area contributed by atoms with Crippen molar-refractivity contribution in [1.82, 2.24) is 4.31 Å². The van der Waals surface area contributed by atoms with E-state index in [1.807, 2.05) is 34.6 Å². The summed E-state index contributed by atoms with van der Waals surface area (Å²) in [6.45, 7) is 9.76. The van der Waals surface area contributed by atoms with Gasteiger partial charge in [0.05, 0.1) is 12.4 Å².